The Morgan fingerprint density at radius 1 is 0.362 bits per heavy atom. The number of aryl methyl sites for hydroxylation is 2. The van der Waals surface area contributed by atoms with E-state index in [1.54, 1.807) is 0 Å². The molecule has 2 radical (unpaired) electrons. The van der Waals surface area contributed by atoms with Gasteiger partial charge in [-0.05, 0) is 45.5 Å². The Morgan fingerprint density at radius 3 is 1.09 bits per heavy atom. The molecule has 10 rings (SSSR count). The molecule has 0 saturated heterocycles. The molecule has 0 aliphatic rings. The van der Waals surface area contributed by atoms with Crippen LogP contribution in [0.1, 0.15) is 25.0 Å². The summed E-state index contributed by atoms with van der Waals surface area (Å²) < 4.78 is 0. The fraction of sp³-hybridized carbons (Fsp3) is 0.0714. The maximum absolute atomic E-state index is 2.34. The minimum absolute atomic E-state index is 0. The van der Waals surface area contributed by atoms with E-state index in [0.717, 1.165) is 22.4 Å². The fourth-order valence-electron chi connectivity index (χ4n) is 7.60. The van der Waals surface area contributed by atoms with E-state index in [1.807, 2.05) is 0 Å². The number of rotatable bonds is 6. The van der Waals surface area contributed by atoms with Gasteiger partial charge in [-0.25, -0.2) is 0 Å². The van der Waals surface area contributed by atoms with E-state index in [4.69, 9.17) is 0 Å². The zero-order valence-electron chi connectivity index (χ0n) is 34.0. The number of hydrogen-bond acceptors (Lipinski definition) is 0. The summed E-state index contributed by atoms with van der Waals surface area (Å²) in [5, 5.41) is 13.5. The average molecular weight is 842 g/mol. The molecule has 0 nitrogen and oxygen atoms in total. The van der Waals surface area contributed by atoms with Gasteiger partial charge in [0, 0.05) is 0 Å². The van der Waals surface area contributed by atoms with Crippen molar-refractivity contribution in [3.63, 3.8) is 0 Å². The topological polar surface area (TPSA) is 0 Å². The second kappa shape index (κ2) is 20.9. The molecular formula is C56H50SiZr. The molecule has 0 N–H and O–H groups in total. The molecular weight excluding hydrogens is 792 g/mol. The number of fused-ring (bicyclic) bond motifs is 4. The first-order chi connectivity index (χ1) is 27.2. The van der Waals surface area contributed by atoms with Crippen LogP contribution < -0.4 is 10.4 Å². The van der Waals surface area contributed by atoms with Gasteiger partial charge in [0.1, 0.15) is 9.52 Å². The molecule has 0 bridgehead atoms. The molecule has 0 aliphatic heterocycles. The molecule has 0 saturated carbocycles. The maximum atomic E-state index is 2.34. The number of hydrogen-bond donors (Lipinski definition) is 0. The summed E-state index contributed by atoms with van der Waals surface area (Å²) >= 11 is 0. The van der Waals surface area contributed by atoms with Crippen LogP contribution in [-0.2, 0) is 39.0 Å². The molecule has 282 valence electrons. The molecule has 0 heterocycles. The maximum Gasteiger partial charge on any atom is 4.00 e. The molecule has 0 aromatic heterocycles. The molecule has 0 spiro atoms. The Hall–Kier alpha value is -5.40. The van der Waals surface area contributed by atoms with Crippen molar-refractivity contribution in [3.05, 3.63) is 232 Å². The van der Waals surface area contributed by atoms with Crippen LogP contribution in [0.15, 0.2) is 206 Å². The summed E-state index contributed by atoms with van der Waals surface area (Å²) in [5.74, 6) is 0. The Labute approximate surface area is 367 Å². The molecule has 58 heavy (non-hydrogen) atoms. The van der Waals surface area contributed by atoms with Gasteiger partial charge in [0.25, 0.3) is 0 Å². The van der Waals surface area contributed by atoms with Crippen molar-refractivity contribution in [1.82, 2.24) is 0 Å². The summed E-state index contributed by atoms with van der Waals surface area (Å²) in [6, 6.07) is 74.1. The second-order valence-electron chi connectivity index (χ2n) is 14.0. The summed E-state index contributed by atoms with van der Waals surface area (Å²) in [5.41, 5.74) is 8.15. The van der Waals surface area contributed by atoms with Crippen LogP contribution in [0.25, 0.3) is 65.3 Å². The third kappa shape index (κ3) is 9.82. The third-order valence-electron chi connectivity index (χ3n) is 10.4. The normalized spacial score (nSPS) is 10.4. The largest absolute Gasteiger partial charge is 4.00 e. The summed E-state index contributed by atoms with van der Waals surface area (Å²) in [6.07, 6.45) is 2.17. The van der Waals surface area contributed by atoms with Gasteiger partial charge in [0.05, 0.1) is 0 Å². The minimum atomic E-state index is 0. The summed E-state index contributed by atoms with van der Waals surface area (Å²) in [6.45, 7) is 4.43. The van der Waals surface area contributed by atoms with E-state index in [0.29, 0.717) is 0 Å². The Bertz CT molecular complexity index is 2600. The molecule has 10 aromatic rings. The predicted octanol–water partition coefficient (Wildman–Crippen LogP) is 14.1. The van der Waals surface area contributed by atoms with Crippen LogP contribution in [0.2, 0.25) is 0 Å². The molecule has 0 aliphatic carbocycles. The van der Waals surface area contributed by atoms with E-state index in [9.17, 15) is 0 Å². The second-order valence-corrected chi connectivity index (χ2v) is 15.4. The van der Waals surface area contributed by atoms with E-state index in [1.165, 1.54) is 86.8 Å². The van der Waals surface area contributed by atoms with Crippen molar-refractivity contribution in [2.45, 2.75) is 26.7 Å². The monoisotopic (exact) mass is 840 g/mol. The Kier molecular flexibility index (Phi) is 15.7. The van der Waals surface area contributed by atoms with Crippen LogP contribution >= 0.6 is 0 Å². The summed E-state index contributed by atoms with van der Waals surface area (Å²) in [4.78, 5) is 0. The average Bonchev–Trinajstić information content (AvgIpc) is 3.89. The van der Waals surface area contributed by atoms with Crippen LogP contribution in [-0.4, -0.2) is 9.52 Å². The van der Waals surface area contributed by atoms with Crippen LogP contribution in [0.4, 0.5) is 0 Å². The van der Waals surface area contributed by atoms with Crippen LogP contribution in [0.5, 0.6) is 0 Å². The van der Waals surface area contributed by atoms with Crippen molar-refractivity contribution in [2.75, 3.05) is 0 Å². The van der Waals surface area contributed by atoms with Gasteiger partial charge in [0.2, 0.25) is 0 Å². The first-order valence-electron chi connectivity index (χ1n) is 19.4. The number of benzene rings is 8. The summed E-state index contributed by atoms with van der Waals surface area (Å²) in [7, 11) is 0.777. The fourth-order valence-corrected chi connectivity index (χ4v) is 8.65. The zero-order chi connectivity index (χ0) is 37.4. The Morgan fingerprint density at radius 2 is 0.690 bits per heavy atom. The van der Waals surface area contributed by atoms with E-state index >= 15 is 0 Å². The molecule has 0 atom stereocenters. The van der Waals surface area contributed by atoms with E-state index in [2.05, 4.69) is 220 Å². The first kappa shape index (κ1) is 43.7. The van der Waals surface area contributed by atoms with Gasteiger partial charge in [0.15, 0.2) is 0 Å². The van der Waals surface area contributed by atoms with Crippen molar-refractivity contribution in [3.8, 4) is 22.3 Å². The molecule has 0 unspecified atom stereocenters. The third-order valence-corrected chi connectivity index (χ3v) is 11.7. The standard InChI is InChI=1S/2C21H17.C12H10Si.2CH3.Zr/c2*1-2-15-13-17-9-6-12-20(21(17)14-15)19-11-5-8-16-7-3-4-10-18(16)19;1-3-7-11(8-4-1)13-12-9-5-2-6-10-12;;;/h2*3-14H,2H2,1H3;1-10H;2*1H3;/q2*-1;;2*-1;+4. The molecule has 0 fully saturated rings. The van der Waals surface area contributed by atoms with Gasteiger partial charge >= 0.3 is 26.2 Å². The van der Waals surface area contributed by atoms with Crippen LogP contribution in [0, 0.1) is 14.9 Å². The first-order valence-corrected chi connectivity index (χ1v) is 20.4. The van der Waals surface area contributed by atoms with Crippen molar-refractivity contribution >= 4 is 63.0 Å². The van der Waals surface area contributed by atoms with Gasteiger partial charge in [-0.2, -0.15) is 12.1 Å². The Balaban J connectivity index is 0.000000166. The minimum Gasteiger partial charge on any atom is -0.358 e. The van der Waals surface area contributed by atoms with Gasteiger partial charge in [-0.1, -0.05) is 193 Å². The zero-order valence-corrected chi connectivity index (χ0v) is 37.5. The predicted molar refractivity (Wildman–Crippen MR) is 254 cm³/mol. The molecule has 0 amide bonds. The quantitative estimate of drug-likeness (QED) is 0.116. The van der Waals surface area contributed by atoms with Crippen molar-refractivity contribution in [1.29, 1.82) is 0 Å². The van der Waals surface area contributed by atoms with Crippen molar-refractivity contribution in [2.24, 2.45) is 0 Å². The van der Waals surface area contributed by atoms with E-state index in [-0.39, 0.29) is 41.1 Å². The van der Waals surface area contributed by atoms with Gasteiger partial charge in [-0.15, -0.1) is 69.1 Å². The molecule has 2 heteroatoms. The molecule has 10 aromatic carbocycles. The van der Waals surface area contributed by atoms with Gasteiger partial charge < -0.3 is 14.9 Å². The van der Waals surface area contributed by atoms with Crippen LogP contribution in [0.3, 0.4) is 0 Å². The van der Waals surface area contributed by atoms with Gasteiger partial charge in [-0.3, -0.25) is 0 Å². The van der Waals surface area contributed by atoms with Crippen molar-refractivity contribution < 1.29 is 26.2 Å². The SMILES string of the molecule is CCc1cc2c(-c3cccc4ccccc34)cccc2[cH-]1.CCc1cc2c(-c3cccc4ccccc34)cccc2[cH-]1.[CH3-].[CH3-].[Zr+4].c1ccc([Si]c2ccccc2)cc1. The van der Waals surface area contributed by atoms with E-state index < -0.39 is 0 Å². The smallest absolute Gasteiger partial charge is 0.358 e.